The number of rotatable bonds is 4. The van der Waals surface area contributed by atoms with E-state index < -0.39 is 0 Å². The highest BCUT2D eigenvalue weighted by Gasteiger charge is 2.15. The third kappa shape index (κ3) is 2.33. The molecule has 1 unspecified atom stereocenters. The maximum atomic E-state index is 5.70. The standard InChI is InChI=1S/C14H15N5/c15-18-13(9-11-4-6-16-7-5-11)12-10-17-19-8-2-1-3-14(12)19/h1-8,10,13,18H,9,15H2. The summed E-state index contributed by atoms with van der Waals surface area (Å²) in [4.78, 5) is 4.02. The Morgan fingerprint density at radius 2 is 2.05 bits per heavy atom. The molecular weight excluding hydrogens is 238 g/mol. The predicted octanol–water partition coefficient (Wildman–Crippen LogP) is 1.48. The molecule has 5 nitrogen and oxygen atoms in total. The molecule has 0 saturated carbocycles. The Labute approximate surface area is 111 Å². The first kappa shape index (κ1) is 11.8. The first-order valence-corrected chi connectivity index (χ1v) is 6.16. The largest absolute Gasteiger partial charge is 0.271 e. The van der Waals surface area contributed by atoms with Crippen molar-refractivity contribution in [1.29, 1.82) is 0 Å². The SMILES string of the molecule is NNC(Cc1ccncc1)c1cnn2ccccc12. The van der Waals surface area contributed by atoms with Gasteiger partial charge >= 0.3 is 0 Å². The van der Waals surface area contributed by atoms with E-state index in [1.165, 1.54) is 5.56 Å². The number of nitrogens with two attached hydrogens (primary N) is 1. The van der Waals surface area contributed by atoms with Crippen molar-refractivity contribution in [3.05, 3.63) is 66.2 Å². The molecule has 0 radical (unpaired) electrons. The lowest BCUT2D eigenvalue weighted by atomic mass is 10.0. The highest BCUT2D eigenvalue weighted by molar-refractivity contribution is 5.55. The molecule has 3 aromatic rings. The zero-order valence-electron chi connectivity index (χ0n) is 10.4. The minimum atomic E-state index is 0.0299. The molecule has 5 heteroatoms. The quantitative estimate of drug-likeness (QED) is 0.546. The lowest BCUT2D eigenvalue weighted by molar-refractivity contribution is 0.555. The van der Waals surface area contributed by atoms with E-state index in [1.54, 1.807) is 12.4 Å². The maximum Gasteiger partial charge on any atom is 0.0710 e. The second-order valence-electron chi connectivity index (χ2n) is 4.41. The topological polar surface area (TPSA) is 68.2 Å². The maximum absolute atomic E-state index is 5.70. The van der Waals surface area contributed by atoms with E-state index in [-0.39, 0.29) is 6.04 Å². The number of nitrogens with one attached hydrogen (secondary N) is 1. The minimum Gasteiger partial charge on any atom is -0.271 e. The number of fused-ring (bicyclic) bond motifs is 1. The number of nitrogens with zero attached hydrogens (tertiary/aromatic N) is 3. The van der Waals surface area contributed by atoms with Crippen molar-refractivity contribution in [3.8, 4) is 0 Å². The first-order chi connectivity index (χ1) is 9.38. The Balaban J connectivity index is 1.94. The molecule has 0 fully saturated rings. The number of hydrogen-bond acceptors (Lipinski definition) is 4. The Bertz CT molecular complexity index is 662. The molecular formula is C14H15N5. The van der Waals surface area contributed by atoms with Gasteiger partial charge in [-0.2, -0.15) is 5.10 Å². The van der Waals surface area contributed by atoms with E-state index in [1.807, 2.05) is 47.2 Å². The number of aromatic nitrogens is 3. The molecule has 0 bridgehead atoms. The molecule has 3 N–H and O–H groups in total. The molecule has 0 aliphatic carbocycles. The summed E-state index contributed by atoms with van der Waals surface area (Å²) in [6.45, 7) is 0. The van der Waals surface area contributed by atoms with Crippen LogP contribution in [-0.2, 0) is 6.42 Å². The van der Waals surface area contributed by atoms with Gasteiger partial charge in [-0.1, -0.05) is 6.07 Å². The first-order valence-electron chi connectivity index (χ1n) is 6.16. The zero-order valence-corrected chi connectivity index (χ0v) is 10.4. The van der Waals surface area contributed by atoms with Gasteiger partial charge in [0.1, 0.15) is 0 Å². The van der Waals surface area contributed by atoms with Crippen LogP contribution in [0.15, 0.2) is 55.1 Å². The summed E-state index contributed by atoms with van der Waals surface area (Å²) in [6, 6.07) is 10.0. The number of hydrazine groups is 1. The normalized spacial score (nSPS) is 12.7. The lowest BCUT2D eigenvalue weighted by Crippen LogP contribution is -2.29. The van der Waals surface area contributed by atoms with Crippen LogP contribution in [0, 0.1) is 0 Å². The highest BCUT2D eigenvalue weighted by Crippen LogP contribution is 2.21. The van der Waals surface area contributed by atoms with Crippen molar-refractivity contribution in [2.24, 2.45) is 5.84 Å². The van der Waals surface area contributed by atoms with Gasteiger partial charge in [-0.05, 0) is 36.2 Å². The molecule has 0 saturated heterocycles. The predicted molar refractivity (Wildman–Crippen MR) is 73.2 cm³/mol. The van der Waals surface area contributed by atoms with Crippen LogP contribution in [0.4, 0.5) is 0 Å². The summed E-state index contributed by atoms with van der Waals surface area (Å²) in [5, 5.41) is 4.34. The van der Waals surface area contributed by atoms with Crippen LogP contribution in [0.25, 0.3) is 5.52 Å². The summed E-state index contributed by atoms with van der Waals surface area (Å²) in [6.07, 6.45) is 8.17. The van der Waals surface area contributed by atoms with Gasteiger partial charge in [0, 0.05) is 24.2 Å². The van der Waals surface area contributed by atoms with Gasteiger partial charge in [0.15, 0.2) is 0 Å². The minimum absolute atomic E-state index is 0.0299. The molecule has 1 atom stereocenters. The molecule has 19 heavy (non-hydrogen) atoms. The molecule has 0 aliphatic heterocycles. The summed E-state index contributed by atoms with van der Waals surface area (Å²) in [7, 11) is 0. The van der Waals surface area contributed by atoms with E-state index in [9.17, 15) is 0 Å². The van der Waals surface area contributed by atoms with Crippen molar-refractivity contribution in [1.82, 2.24) is 20.0 Å². The fraction of sp³-hybridized carbons (Fsp3) is 0.143. The third-order valence-corrected chi connectivity index (χ3v) is 3.22. The van der Waals surface area contributed by atoms with Crippen molar-refractivity contribution < 1.29 is 0 Å². The molecule has 0 aliphatic rings. The van der Waals surface area contributed by atoms with Gasteiger partial charge in [-0.15, -0.1) is 0 Å². The van der Waals surface area contributed by atoms with E-state index in [0.717, 1.165) is 17.5 Å². The third-order valence-electron chi connectivity index (χ3n) is 3.22. The molecule has 0 aromatic carbocycles. The highest BCUT2D eigenvalue weighted by atomic mass is 15.3. The van der Waals surface area contributed by atoms with Gasteiger partial charge in [0.05, 0.1) is 17.8 Å². The van der Waals surface area contributed by atoms with E-state index in [4.69, 9.17) is 5.84 Å². The number of pyridine rings is 2. The Morgan fingerprint density at radius 1 is 1.21 bits per heavy atom. The van der Waals surface area contributed by atoms with Crippen molar-refractivity contribution in [3.63, 3.8) is 0 Å². The number of hydrogen-bond donors (Lipinski definition) is 2. The van der Waals surface area contributed by atoms with E-state index in [0.29, 0.717) is 0 Å². The molecule has 0 spiro atoms. The Morgan fingerprint density at radius 3 is 2.84 bits per heavy atom. The monoisotopic (exact) mass is 253 g/mol. The van der Waals surface area contributed by atoms with Crippen LogP contribution in [0.1, 0.15) is 17.2 Å². The second kappa shape index (κ2) is 5.17. The van der Waals surface area contributed by atoms with E-state index >= 15 is 0 Å². The average Bonchev–Trinajstić information content (AvgIpc) is 2.90. The average molecular weight is 253 g/mol. The summed E-state index contributed by atoms with van der Waals surface area (Å²) in [5.74, 6) is 5.70. The summed E-state index contributed by atoms with van der Waals surface area (Å²) in [5.41, 5.74) is 6.23. The van der Waals surface area contributed by atoms with Crippen molar-refractivity contribution >= 4 is 5.52 Å². The zero-order chi connectivity index (χ0) is 13.1. The Hall–Kier alpha value is -2.24. The van der Waals surface area contributed by atoms with Gasteiger partial charge in [-0.25, -0.2) is 4.52 Å². The van der Waals surface area contributed by atoms with E-state index in [2.05, 4.69) is 15.5 Å². The fourth-order valence-electron chi connectivity index (χ4n) is 2.24. The fourth-order valence-corrected chi connectivity index (χ4v) is 2.24. The lowest BCUT2D eigenvalue weighted by Gasteiger charge is -2.14. The van der Waals surface area contributed by atoms with Gasteiger partial charge in [-0.3, -0.25) is 16.3 Å². The molecule has 3 aromatic heterocycles. The van der Waals surface area contributed by atoms with Crippen LogP contribution in [0.5, 0.6) is 0 Å². The smallest absolute Gasteiger partial charge is 0.0710 e. The van der Waals surface area contributed by atoms with Crippen molar-refractivity contribution in [2.45, 2.75) is 12.5 Å². The van der Waals surface area contributed by atoms with Gasteiger partial charge in [0.2, 0.25) is 0 Å². The summed E-state index contributed by atoms with van der Waals surface area (Å²) >= 11 is 0. The molecule has 3 heterocycles. The van der Waals surface area contributed by atoms with Crippen LogP contribution < -0.4 is 11.3 Å². The van der Waals surface area contributed by atoms with Crippen LogP contribution in [0.2, 0.25) is 0 Å². The van der Waals surface area contributed by atoms with Gasteiger partial charge < -0.3 is 0 Å². The molecule has 3 rings (SSSR count). The second-order valence-corrected chi connectivity index (χ2v) is 4.41. The Kier molecular flexibility index (Phi) is 3.22. The molecule has 96 valence electrons. The van der Waals surface area contributed by atoms with Crippen LogP contribution >= 0.6 is 0 Å². The van der Waals surface area contributed by atoms with Gasteiger partial charge in [0.25, 0.3) is 0 Å². The molecule has 0 amide bonds. The van der Waals surface area contributed by atoms with Crippen LogP contribution in [0.3, 0.4) is 0 Å². The van der Waals surface area contributed by atoms with Crippen molar-refractivity contribution in [2.75, 3.05) is 0 Å². The summed E-state index contributed by atoms with van der Waals surface area (Å²) < 4.78 is 1.85. The van der Waals surface area contributed by atoms with Crippen LogP contribution in [-0.4, -0.2) is 14.6 Å².